The van der Waals surface area contributed by atoms with Crippen molar-refractivity contribution in [2.45, 2.75) is 38.8 Å². The van der Waals surface area contributed by atoms with Crippen LogP contribution in [0.15, 0.2) is 0 Å². The monoisotopic (exact) mass is 157 g/mol. The topological polar surface area (TPSA) is 49.3 Å². The van der Waals surface area contributed by atoms with Gasteiger partial charge in [0.05, 0.1) is 0 Å². The van der Waals surface area contributed by atoms with E-state index >= 15 is 0 Å². The van der Waals surface area contributed by atoms with Gasteiger partial charge in [0, 0.05) is 6.04 Å². The second-order valence-corrected chi connectivity index (χ2v) is 3.85. The highest BCUT2D eigenvalue weighted by atomic mass is 16.3. The summed E-state index contributed by atoms with van der Waals surface area (Å²) >= 11 is 0. The standard InChI is InChI=1S/C8H15NO2/c1-5-4-6(5)9-7(10)8(2,3)11/h5-6,11H,4H2,1-3H3,(H,9,10). The van der Waals surface area contributed by atoms with Gasteiger partial charge in [0.2, 0.25) is 0 Å². The Balaban J connectivity index is 2.33. The van der Waals surface area contributed by atoms with E-state index in [1.165, 1.54) is 13.8 Å². The van der Waals surface area contributed by atoms with Crippen molar-refractivity contribution in [3.63, 3.8) is 0 Å². The molecule has 1 aliphatic rings. The quantitative estimate of drug-likeness (QED) is 0.605. The average molecular weight is 157 g/mol. The van der Waals surface area contributed by atoms with Gasteiger partial charge in [-0.15, -0.1) is 0 Å². The highest BCUT2D eigenvalue weighted by Crippen LogP contribution is 2.29. The van der Waals surface area contributed by atoms with Gasteiger partial charge < -0.3 is 10.4 Å². The van der Waals surface area contributed by atoms with Gasteiger partial charge in [-0.05, 0) is 26.2 Å². The van der Waals surface area contributed by atoms with E-state index in [1.807, 2.05) is 0 Å². The van der Waals surface area contributed by atoms with Gasteiger partial charge in [-0.2, -0.15) is 0 Å². The molecule has 2 unspecified atom stereocenters. The molecular weight excluding hydrogens is 142 g/mol. The van der Waals surface area contributed by atoms with Gasteiger partial charge in [-0.1, -0.05) is 6.92 Å². The van der Waals surface area contributed by atoms with Gasteiger partial charge in [-0.3, -0.25) is 4.79 Å². The highest BCUT2D eigenvalue weighted by molar-refractivity contribution is 5.84. The smallest absolute Gasteiger partial charge is 0.251 e. The van der Waals surface area contributed by atoms with E-state index in [-0.39, 0.29) is 5.91 Å². The summed E-state index contributed by atoms with van der Waals surface area (Å²) in [6, 6.07) is 0.300. The minimum Gasteiger partial charge on any atom is -0.381 e. The van der Waals surface area contributed by atoms with Crippen molar-refractivity contribution in [1.82, 2.24) is 5.32 Å². The first-order chi connectivity index (χ1) is 4.91. The summed E-state index contributed by atoms with van der Waals surface area (Å²) in [6.07, 6.45) is 1.04. The number of carbonyl (C=O) groups excluding carboxylic acids is 1. The van der Waals surface area contributed by atoms with Gasteiger partial charge in [0.15, 0.2) is 0 Å². The number of aliphatic hydroxyl groups is 1. The molecule has 3 nitrogen and oxygen atoms in total. The molecule has 0 heterocycles. The Morgan fingerprint density at radius 3 is 2.36 bits per heavy atom. The first kappa shape index (κ1) is 8.53. The summed E-state index contributed by atoms with van der Waals surface area (Å²) < 4.78 is 0. The van der Waals surface area contributed by atoms with E-state index in [0.717, 1.165) is 6.42 Å². The molecule has 1 rings (SSSR count). The summed E-state index contributed by atoms with van der Waals surface area (Å²) in [4.78, 5) is 11.1. The van der Waals surface area contributed by atoms with Crippen LogP contribution in [0.3, 0.4) is 0 Å². The van der Waals surface area contributed by atoms with E-state index in [2.05, 4.69) is 12.2 Å². The van der Waals surface area contributed by atoms with Crippen LogP contribution in [-0.4, -0.2) is 22.7 Å². The van der Waals surface area contributed by atoms with Crippen LogP contribution >= 0.6 is 0 Å². The zero-order chi connectivity index (χ0) is 8.65. The second-order valence-electron chi connectivity index (χ2n) is 3.85. The number of rotatable bonds is 2. The molecule has 1 fully saturated rings. The lowest BCUT2D eigenvalue weighted by Crippen LogP contribution is -2.43. The Kier molecular flexibility index (Phi) is 1.92. The molecule has 1 amide bonds. The molecule has 1 saturated carbocycles. The summed E-state index contributed by atoms with van der Waals surface area (Å²) in [5.41, 5.74) is -1.23. The van der Waals surface area contributed by atoms with Crippen molar-refractivity contribution in [3.8, 4) is 0 Å². The largest absolute Gasteiger partial charge is 0.381 e. The molecule has 0 aromatic rings. The fourth-order valence-corrected chi connectivity index (χ4v) is 0.868. The molecular formula is C8H15NO2. The number of nitrogens with one attached hydrogen (secondary N) is 1. The normalized spacial score (nSPS) is 29.8. The van der Waals surface area contributed by atoms with Gasteiger partial charge in [-0.25, -0.2) is 0 Å². The Bertz CT molecular complexity index is 171. The first-order valence-corrected chi connectivity index (χ1v) is 3.94. The van der Waals surface area contributed by atoms with Crippen molar-refractivity contribution in [2.24, 2.45) is 5.92 Å². The predicted octanol–water partition coefficient (Wildman–Crippen LogP) is 0.282. The maximum atomic E-state index is 11.1. The van der Waals surface area contributed by atoms with E-state index in [0.29, 0.717) is 12.0 Å². The summed E-state index contributed by atoms with van der Waals surface area (Å²) in [5.74, 6) is 0.313. The Morgan fingerprint density at radius 1 is 1.64 bits per heavy atom. The van der Waals surface area contributed by atoms with Gasteiger partial charge in [0.1, 0.15) is 5.60 Å². The summed E-state index contributed by atoms with van der Waals surface area (Å²) in [5, 5.41) is 12.0. The zero-order valence-corrected chi connectivity index (χ0v) is 7.22. The molecule has 1 aliphatic carbocycles. The van der Waals surface area contributed by atoms with Crippen LogP contribution in [0, 0.1) is 5.92 Å². The minimum atomic E-state index is -1.23. The SMILES string of the molecule is CC1CC1NC(=O)C(C)(C)O. The van der Waals surface area contributed by atoms with Crippen LogP contribution in [0.2, 0.25) is 0 Å². The molecule has 0 bridgehead atoms. The third kappa shape index (κ3) is 2.19. The van der Waals surface area contributed by atoms with Crippen LogP contribution in [0.5, 0.6) is 0 Å². The number of hydrogen-bond acceptors (Lipinski definition) is 2. The molecule has 64 valence electrons. The van der Waals surface area contributed by atoms with E-state index in [9.17, 15) is 9.90 Å². The average Bonchev–Trinajstić information content (AvgIpc) is 2.44. The number of hydrogen-bond donors (Lipinski definition) is 2. The van der Waals surface area contributed by atoms with Crippen molar-refractivity contribution >= 4 is 5.91 Å². The molecule has 11 heavy (non-hydrogen) atoms. The fraction of sp³-hybridized carbons (Fsp3) is 0.875. The molecule has 0 saturated heterocycles. The molecule has 3 heteroatoms. The molecule has 0 aromatic carbocycles. The van der Waals surface area contributed by atoms with Crippen LogP contribution in [-0.2, 0) is 4.79 Å². The maximum Gasteiger partial charge on any atom is 0.251 e. The van der Waals surface area contributed by atoms with Crippen molar-refractivity contribution < 1.29 is 9.90 Å². The Morgan fingerprint density at radius 2 is 2.09 bits per heavy atom. The maximum absolute atomic E-state index is 11.1. The third-order valence-electron chi connectivity index (χ3n) is 1.98. The molecule has 2 atom stereocenters. The highest BCUT2D eigenvalue weighted by Gasteiger charge is 2.36. The summed E-state index contributed by atoms with van der Waals surface area (Å²) in [6.45, 7) is 5.07. The molecule has 0 radical (unpaired) electrons. The fourth-order valence-electron chi connectivity index (χ4n) is 0.868. The molecule has 0 spiro atoms. The lowest BCUT2D eigenvalue weighted by atomic mass is 10.1. The van der Waals surface area contributed by atoms with E-state index in [4.69, 9.17) is 0 Å². The zero-order valence-electron chi connectivity index (χ0n) is 7.22. The number of amides is 1. The van der Waals surface area contributed by atoms with Gasteiger partial charge in [0.25, 0.3) is 5.91 Å². The molecule has 0 aliphatic heterocycles. The van der Waals surface area contributed by atoms with Gasteiger partial charge >= 0.3 is 0 Å². The predicted molar refractivity (Wildman–Crippen MR) is 42.0 cm³/mol. The van der Waals surface area contributed by atoms with E-state index in [1.54, 1.807) is 0 Å². The molecule has 0 aromatic heterocycles. The van der Waals surface area contributed by atoms with Crippen LogP contribution in [0.4, 0.5) is 0 Å². The van der Waals surface area contributed by atoms with Crippen molar-refractivity contribution in [1.29, 1.82) is 0 Å². The van der Waals surface area contributed by atoms with Crippen molar-refractivity contribution in [2.75, 3.05) is 0 Å². The first-order valence-electron chi connectivity index (χ1n) is 3.94. The lowest BCUT2D eigenvalue weighted by Gasteiger charge is -2.16. The van der Waals surface area contributed by atoms with Crippen LogP contribution in [0.25, 0.3) is 0 Å². The van der Waals surface area contributed by atoms with Crippen molar-refractivity contribution in [3.05, 3.63) is 0 Å². The third-order valence-corrected chi connectivity index (χ3v) is 1.98. The van der Waals surface area contributed by atoms with Crippen LogP contribution in [0.1, 0.15) is 27.2 Å². The number of carbonyl (C=O) groups is 1. The lowest BCUT2D eigenvalue weighted by molar-refractivity contribution is -0.136. The summed E-state index contributed by atoms with van der Waals surface area (Å²) in [7, 11) is 0. The van der Waals surface area contributed by atoms with Crippen LogP contribution < -0.4 is 5.32 Å². The molecule has 2 N–H and O–H groups in total. The second kappa shape index (κ2) is 2.48. The van der Waals surface area contributed by atoms with E-state index < -0.39 is 5.60 Å². The minimum absolute atomic E-state index is 0.271. The Labute approximate surface area is 66.8 Å². The Hall–Kier alpha value is -0.570.